The first kappa shape index (κ1) is 22.1. The number of piperidine rings is 1. The monoisotopic (exact) mass is 465 g/mol. The van der Waals surface area contributed by atoms with Gasteiger partial charge in [-0.2, -0.15) is 17.9 Å². The molecule has 6 nitrogen and oxygen atoms in total. The van der Waals surface area contributed by atoms with Crippen molar-refractivity contribution in [3.63, 3.8) is 0 Å². The van der Waals surface area contributed by atoms with Gasteiger partial charge >= 0.3 is 12.1 Å². The number of carboxylic acids is 1. The largest absolute Gasteiger partial charge is 0.481 e. The molecule has 1 aromatic heterocycles. The molecule has 0 saturated carbocycles. The first-order chi connectivity index (χ1) is 15.1. The lowest BCUT2D eigenvalue weighted by Crippen LogP contribution is -2.36. The van der Waals surface area contributed by atoms with Crippen molar-refractivity contribution in [1.82, 2.24) is 9.78 Å². The van der Waals surface area contributed by atoms with E-state index in [-0.39, 0.29) is 5.02 Å². The summed E-state index contributed by atoms with van der Waals surface area (Å²) in [6.07, 6.45) is -3.95. The zero-order valence-electron chi connectivity index (χ0n) is 17.0. The number of carbonyl (C=O) groups is 2. The minimum absolute atomic E-state index is 0.315. The van der Waals surface area contributed by atoms with Crippen LogP contribution in [0.1, 0.15) is 34.3 Å². The Morgan fingerprint density at radius 1 is 1.12 bits per heavy atom. The Morgan fingerprint density at radius 2 is 1.78 bits per heavy atom. The predicted octanol–water partition coefficient (Wildman–Crippen LogP) is 5.01. The van der Waals surface area contributed by atoms with Gasteiger partial charge in [0, 0.05) is 18.5 Å². The Morgan fingerprint density at radius 3 is 2.41 bits per heavy atom. The number of aliphatic carboxylic acids is 1. The zero-order valence-corrected chi connectivity index (χ0v) is 17.7. The first-order valence-corrected chi connectivity index (χ1v) is 10.3. The number of carbonyl (C=O) groups excluding carboxylic acids is 1. The molecular formula is C22H19ClF3N3O3. The van der Waals surface area contributed by atoms with E-state index in [1.807, 2.05) is 17.9 Å². The normalized spacial score (nSPS) is 15.3. The third-order valence-electron chi connectivity index (χ3n) is 5.77. The van der Waals surface area contributed by atoms with E-state index < -0.39 is 35.1 Å². The number of halogens is 4. The summed E-state index contributed by atoms with van der Waals surface area (Å²) in [5.74, 6) is -1.86. The van der Waals surface area contributed by atoms with Crippen LogP contribution in [0.25, 0.3) is 10.9 Å². The van der Waals surface area contributed by atoms with Crippen LogP contribution in [0.2, 0.25) is 5.02 Å². The number of carboxylic acid groups (broad SMARTS) is 1. The maximum absolute atomic E-state index is 13.6. The molecule has 168 valence electrons. The average Bonchev–Trinajstić information content (AvgIpc) is 3.13. The molecule has 1 aliphatic rings. The summed E-state index contributed by atoms with van der Waals surface area (Å²) in [7, 11) is 0. The van der Waals surface area contributed by atoms with Crippen LogP contribution in [0, 0.1) is 12.8 Å². The van der Waals surface area contributed by atoms with Crippen molar-refractivity contribution in [1.29, 1.82) is 0 Å². The van der Waals surface area contributed by atoms with Crippen LogP contribution in [0.5, 0.6) is 0 Å². The van der Waals surface area contributed by atoms with E-state index in [1.165, 1.54) is 6.07 Å². The SMILES string of the molecule is Cc1cccc2c1c(N1CCC(C(=O)O)CC1)nn2C(=O)c1c(Cl)cccc1C(F)(F)F. The second kappa shape index (κ2) is 8.12. The Bertz CT molecular complexity index is 1210. The predicted molar refractivity (Wildman–Crippen MR) is 113 cm³/mol. The van der Waals surface area contributed by atoms with Crippen LogP contribution in [-0.4, -0.2) is 39.9 Å². The molecule has 2 heterocycles. The van der Waals surface area contributed by atoms with Crippen LogP contribution in [0.4, 0.5) is 19.0 Å². The molecule has 0 unspecified atom stereocenters. The molecule has 4 rings (SSSR count). The Labute approximate surface area is 186 Å². The molecule has 0 bridgehead atoms. The van der Waals surface area contributed by atoms with Crippen molar-refractivity contribution in [3.8, 4) is 0 Å². The molecule has 0 atom stereocenters. The van der Waals surface area contributed by atoms with Crippen molar-refractivity contribution < 1.29 is 27.9 Å². The topological polar surface area (TPSA) is 75.4 Å². The van der Waals surface area contributed by atoms with Gasteiger partial charge in [-0.15, -0.1) is 5.10 Å². The fourth-order valence-electron chi connectivity index (χ4n) is 4.12. The number of rotatable bonds is 3. The molecule has 1 aliphatic heterocycles. The summed E-state index contributed by atoms with van der Waals surface area (Å²) < 4.78 is 41.7. The fourth-order valence-corrected chi connectivity index (χ4v) is 4.37. The molecule has 0 radical (unpaired) electrons. The third kappa shape index (κ3) is 3.81. The van der Waals surface area contributed by atoms with E-state index in [4.69, 9.17) is 11.6 Å². The van der Waals surface area contributed by atoms with Gasteiger partial charge in [0.25, 0.3) is 5.91 Å². The lowest BCUT2D eigenvalue weighted by molar-refractivity contribution is -0.142. The molecule has 1 saturated heterocycles. The summed E-state index contributed by atoms with van der Waals surface area (Å²) >= 11 is 6.04. The van der Waals surface area contributed by atoms with Gasteiger partial charge < -0.3 is 10.0 Å². The Hall–Kier alpha value is -3.07. The van der Waals surface area contributed by atoms with E-state index in [2.05, 4.69) is 5.10 Å². The van der Waals surface area contributed by atoms with Gasteiger partial charge in [0.15, 0.2) is 5.82 Å². The van der Waals surface area contributed by atoms with Crippen molar-refractivity contribution in [2.45, 2.75) is 25.9 Å². The van der Waals surface area contributed by atoms with E-state index in [0.29, 0.717) is 42.7 Å². The maximum atomic E-state index is 13.6. The van der Waals surface area contributed by atoms with E-state index >= 15 is 0 Å². The number of hydrogen-bond donors (Lipinski definition) is 1. The van der Waals surface area contributed by atoms with Gasteiger partial charge in [-0.05, 0) is 43.5 Å². The standard InChI is InChI=1S/C22H19ClF3N3O3/c1-12-4-2-7-16-17(12)19(28-10-8-13(9-11-28)21(31)32)27-29(16)20(30)18-14(22(24,25)26)5-3-6-15(18)23/h2-7,13H,8-11H2,1H3,(H,31,32). The molecule has 10 heteroatoms. The Kier molecular flexibility index (Phi) is 5.62. The molecule has 3 aromatic rings. The highest BCUT2D eigenvalue weighted by molar-refractivity contribution is 6.34. The molecule has 0 amide bonds. The molecule has 32 heavy (non-hydrogen) atoms. The summed E-state index contributed by atoms with van der Waals surface area (Å²) in [5.41, 5.74) is -0.635. The van der Waals surface area contributed by atoms with Crippen LogP contribution < -0.4 is 4.90 Å². The minimum Gasteiger partial charge on any atom is -0.481 e. The number of aromatic nitrogens is 2. The maximum Gasteiger partial charge on any atom is 0.417 e. The fraction of sp³-hybridized carbons (Fsp3) is 0.318. The summed E-state index contributed by atoms with van der Waals surface area (Å²) in [6.45, 7) is 2.64. The summed E-state index contributed by atoms with van der Waals surface area (Å²) in [4.78, 5) is 26.5. The number of anilines is 1. The minimum atomic E-state index is -4.77. The molecule has 1 fully saturated rings. The van der Waals surface area contributed by atoms with Gasteiger partial charge in [0.05, 0.1) is 27.6 Å². The lowest BCUT2D eigenvalue weighted by atomic mass is 9.97. The van der Waals surface area contributed by atoms with Gasteiger partial charge in [0.1, 0.15) is 0 Å². The first-order valence-electron chi connectivity index (χ1n) is 9.96. The van der Waals surface area contributed by atoms with E-state index in [1.54, 1.807) is 12.1 Å². The van der Waals surface area contributed by atoms with Crippen LogP contribution in [0.3, 0.4) is 0 Å². The van der Waals surface area contributed by atoms with Crippen LogP contribution in [-0.2, 0) is 11.0 Å². The van der Waals surface area contributed by atoms with E-state index in [0.717, 1.165) is 22.4 Å². The summed E-state index contributed by atoms with van der Waals surface area (Å²) in [6, 6.07) is 8.33. The van der Waals surface area contributed by atoms with Gasteiger partial charge in [-0.3, -0.25) is 9.59 Å². The van der Waals surface area contributed by atoms with Crippen molar-refractivity contribution >= 4 is 40.2 Å². The quantitative estimate of drug-likeness (QED) is 0.588. The van der Waals surface area contributed by atoms with Crippen LogP contribution in [0.15, 0.2) is 36.4 Å². The average molecular weight is 466 g/mol. The molecule has 1 N–H and O–H groups in total. The molecular weight excluding hydrogens is 447 g/mol. The number of fused-ring (bicyclic) bond motifs is 1. The van der Waals surface area contributed by atoms with Crippen LogP contribution >= 0.6 is 11.6 Å². The number of hydrogen-bond acceptors (Lipinski definition) is 4. The van der Waals surface area contributed by atoms with Crippen molar-refractivity contribution in [3.05, 3.63) is 58.1 Å². The van der Waals surface area contributed by atoms with Crippen molar-refractivity contribution in [2.24, 2.45) is 5.92 Å². The number of benzene rings is 2. The van der Waals surface area contributed by atoms with Gasteiger partial charge in [-0.1, -0.05) is 29.8 Å². The van der Waals surface area contributed by atoms with E-state index in [9.17, 15) is 27.9 Å². The summed E-state index contributed by atoms with van der Waals surface area (Å²) in [5, 5.41) is 14.0. The molecule has 2 aromatic carbocycles. The van der Waals surface area contributed by atoms with Gasteiger partial charge in [-0.25, -0.2) is 0 Å². The highest BCUT2D eigenvalue weighted by Crippen LogP contribution is 2.37. The number of alkyl halides is 3. The van der Waals surface area contributed by atoms with Crippen molar-refractivity contribution in [2.75, 3.05) is 18.0 Å². The third-order valence-corrected chi connectivity index (χ3v) is 6.08. The highest BCUT2D eigenvalue weighted by Gasteiger charge is 2.37. The lowest BCUT2D eigenvalue weighted by Gasteiger charge is -2.30. The second-order valence-corrected chi connectivity index (χ2v) is 8.18. The second-order valence-electron chi connectivity index (χ2n) is 7.77. The smallest absolute Gasteiger partial charge is 0.417 e. The molecule has 0 aliphatic carbocycles. The Balaban J connectivity index is 1.84. The highest BCUT2D eigenvalue weighted by atomic mass is 35.5. The zero-order chi connectivity index (χ0) is 23.2. The van der Waals surface area contributed by atoms with Gasteiger partial charge in [0.2, 0.25) is 0 Å². The number of aryl methyl sites for hydroxylation is 1. The number of nitrogens with zero attached hydrogens (tertiary/aromatic N) is 3. The molecule has 0 spiro atoms.